The standard InChI is InChI=1S/C31H18/c1-2-8-22-21(5-1)17-27-23(22)15-13-20-14-16-25-24-9-3-6-18-11-12-19-7-4-10-26(29(19)28(18)24)31(25)30(20)27/h1-16H,17H2. The molecule has 0 aliphatic heterocycles. The first kappa shape index (κ1) is 15.9. The van der Waals surface area contributed by atoms with Crippen molar-refractivity contribution in [2.24, 2.45) is 0 Å². The molecule has 142 valence electrons. The molecule has 1 aliphatic rings. The Morgan fingerprint density at radius 3 is 1.90 bits per heavy atom. The summed E-state index contributed by atoms with van der Waals surface area (Å²) in [5, 5.41) is 13.8. The van der Waals surface area contributed by atoms with Crippen LogP contribution < -0.4 is 0 Å². The zero-order chi connectivity index (χ0) is 20.1. The van der Waals surface area contributed by atoms with Gasteiger partial charge in [-0.05, 0) is 82.5 Å². The second-order valence-corrected chi connectivity index (χ2v) is 8.88. The van der Waals surface area contributed by atoms with Crippen LogP contribution in [-0.4, -0.2) is 0 Å². The first-order valence-corrected chi connectivity index (χ1v) is 11.0. The quantitative estimate of drug-likeness (QED) is 0.180. The van der Waals surface area contributed by atoms with Gasteiger partial charge in [0.05, 0.1) is 0 Å². The molecule has 0 N–H and O–H groups in total. The van der Waals surface area contributed by atoms with Crippen molar-refractivity contribution in [1.82, 2.24) is 0 Å². The Balaban J connectivity index is 1.70. The van der Waals surface area contributed by atoms with Crippen LogP contribution in [0.25, 0.3) is 65.0 Å². The fourth-order valence-corrected chi connectivity index (χ4v) is 6.15. The SMILES string of the molecule is c1ccc2c(c1)Cc1c-2ccc2ccc3c4cccc5ccc6cccc(c3c12)c6c54. The van der Waals surface area contributed by atoms with Crippen LogP contribution in [0.4, 0.5) is 0 Å². The molecule has 0 heterocycles. The lowest BCUT2D eigenvalue weighted by molar-refractivity contribution is 1.29. The fraction of sp³-hybridized carbons (Fsp3) is 0.0323. The van der Waals surface area contributed by atoms with Crippen LogP contribution in [-0.2, 0) is 6.42 Å². The van der Waals surface area contributed by atoms with Crippen LogP contribution >= 0.6 is 0 Å². The highest BCUT2D eigenvalue weighted by atomic mass is 14.3. The molecule has 0 atom stereocenters. The minimum Gasteiger partial charge on any atom is -0.0619 e. The summed E-state index contributed by atoms with van der Waals surface area (Å²) in [6, 6.07) is 36.3. The van der Waals surface area contributed by atoms with Crippen molar-refractivity contribution >= 4 is 53.9 Å². The molecular weight excluding hydrogens is 372 g/mol. The number of hydrogen-bond donors (Lipinski definition) is 0. The molecule has 0 aromatic heterocycles. The molecule has 0 bridgehead atoms. The Hall–Kier alpha value is -3.90. The van der Waals surface area contributed by atoms with Crippen LogP contribution in [0.3, 0.4) is 0 Å². The predicted octanol–water partition coefficient (Wildman–Crippen LogP) is 8.46. The predicted molar refractivity (Wildman–Crippen MR) is 133 cm³/mol. The third kappa shape index (κ3) is 1.87. The summed E-state index contributed by atoms with van der Waals surface area (Å²) < 4.78 is 0. The van der Waals surface area contributed by atoms with E-state index in [-0.39, 0.29) is 0 Å². The molecule has 0 heteroatoms. The van der Waals surface area contributed by atoms with Crippen molar-refractivity contribution in [3.05, 3.63) is 108 Å². The molecule has 0 saturated carbocycles. The van der Waals surface area contributed by atoms with E-state index in [0.29, 0.717) is 0 Å². The third-order valence-corrected chi connectivity index (χ3v) is 7.41. The van der Waals surface area contributed by atoms with Crippen LogP contribution in [0.2, 0.25) is 0 Å². The highest BCUT2D eigenvalue weighted by Crippen LogP contribution is 2.47. The Kier molecular flexibility index (Phi) is 2.77. The largest absolute Gasteiger partial charge is 0.0619 e. The fourth-order valence-electron chi connectivity index (χ4n) is 6.15. The van der Waals surface area contributed by atoms with Gasteiger partial charge in [0, 0.05) is 0 Å². The van der Waals surface area contributed by atoms with Crippen molar-refractivity contribution in [3.8, 4) is 11.1 Å². The van der Waals surface area contributed by atoms with Crippen LogP contribution in [0.5, 0.6) is 0 Å². The van der Waals surface area contributed by atoms with E-state index in [9.17, 15) is 0 Å². The molecule has 0 fully saturated rings. The van der Waals surface area contributed by atoms with Gasteiger partial charge in [-0.1, -0.05) is 97.1 Å². The van der Waals surface area contributed by atoms with E-state index < -0.39 is 0 Å². The van der Waals surface area contributed by atoms with Crippen molar-refractivity contribution in [2.75, 3.05) is 0 Å². The lowest BCUT2D eigenvalue weighted by Crippen LogP contribution is -1.91. The second-order valence-electron chi connectivity index (χ2n) is 8.88. The van der Waals surface area contributed by atoms with Crippen molar-refractivity contribution in [1.29, 1.82) is 0 Å². The van der Waals surface area contributed by atoms with E-state index in [1.165, 1.54) is 76.1 Å². The monoisotopic (exact) mass is 390 g/mol. The van der Waals surface area contributed by atoms with Gasteiger partial charge in [0.25, 0.3) is 0 Å². The first-order valence-electron chi connectivity index (χ1n) is 11.0. The van der Waals surface area contributed by atoms with Crippen molar-refractivity contribution in [2.45, 2.75) is 6.42 Å². The van der Waals surface area contributed by atoms with Crippen LogP contribution in [0, 0.1) is 0 Å². The summed E-state index contributed by atoms with van der Waals surface area (Å²) in [6.45, 7) is 0. The minimum absolute atomic E-state index is 1.02. The first-order chi connectivity index (χ1) is 15.4. The van der Waals surface area contributed by atoms with Gasteiger partial charge < -0.3 is 0 Å². The molecule has 8 rings (SSSR count). The third-order valence-electron chi connectivity index (χ3n) is 7.41. The van der Waals surface area contributed by atoms with Gasteiger partial charge in [-0.25, -0.2) is 0 Å². The molecule has 31 heavy (non-hydrogen) atoms. The Morgan fingerprint density at radius 1 is 0.387 bits per heavy atom. The number of hydrogen-bond acceptors (Lipinski definition) is 0. The zero-order valence-corrected chi connectivity index (χ0v) is 16.9. The Morgan fingerprint density at radius 2 is 1.03 bits per heavy atom. The highest BCUT2D eigenvalue weighted by molar-refractivity contribution is 6.37. The summed E-state index contributed by atoms with van der Waals surface area (Å²) in [6.07, 6.45) is 1.02. The van der Waals surface area contributed by atoms with E-state index in [1.807, 2.05) is 0 Å². The molecule has 7 aromatic rings. The molecular formula is C31H18. The minimum atomic E-state index is 1.02. The smallest absolute Gasteiger partial charge is 0.000706 e. The molecule has 7 aromatic carbocycles. The van der Waals surface area contributed by atoms with E-state index in [0.717, 1.165) is 6.42 Å². The summed E-state index contributed by atoms with van der Waals surface area (Å²) >= 11 is 0. The molecule has 0 unspecified atom stereocenters. The van der Waals surface area contributed by atoms with Crippen LogP contribution in [0.15, 0.2) is 97.1 Å². The molecule has 0 nitrogen and oxygen atoms in total. The maximum absolute atomic E-state index is 2.34. The zero-order valence-electron chi connectivity index (χ0n) is 16.9. The summed E-state index contributed by atoms with van der Waals surface area (Å²) in [5.41, 5.74) is 5.73. The van der Waals surface area contributed by atoms with E-state index in [4.69, 9.17) is 0 Å². The summed E-state index contributed by atoms with van der Waals surface area (Å²) in [7, 11) is 0. The maximum atomic E-state index is 2.34. The molecule has 0 saturated heterocycles. The van der Waals surface area contributed by atoms with Crippen LogP contribution in [0.1, 0.15) is 11.1 Å². The van der Waals surface area contributed by atoms with Gasteiger partial charge in [-0.15, -0.1) is 0 Å². The molecule has 0 amide bonds. The Labute approximate surface area is 179 Å². The topological polar surface area (TPSA) is 0 Å². The number of fused-ring (bicyclic) bond motifs is 9. The number of rotatable bonds is 0. The summed E-state index contributed by atoms with van der Waals surface area (Å²) in [5.74, 6) is 0. The van der Waals surface area contributed by atoms with E-state index in [2.05, 4.69) is 97.1 Å². The van der Waals surface area contributed by atoms with Gasteiger partial charge in [-0.2, -0.15) is 0 Å². The lowest BCUT2D eigenvalue weighted by Gasteiger charge is -2.17. The Bertz CT molecular complexity index is 1850. The molecule has 0 radical (unpaired) electrons. The van der Waals surface area contributed by atoms with E-state index in [1.54, 1.807) is 0 Å². The summed E-state index contributed by atoms with van der Waals surface area (Å²) in [4.78, 5) is 0. The average molecular weight is 390 g/mol. The van der Waals surface area contributed by atoms with E-state index >= 15 is 0 Å². The van der Waals surface area contributed by atoms with Gasteiger partial charge in [-0.3, -0.25) is 0 Å². The van der Waals surface area contributed by atoms with Gasteiger partial charge in [0.15, 0.2) is 0 Å². The van der Waals surface area contributed by atoms with Crippen molar-refractivity contribution < 1.29 is 0 Å². The number of benzene rings is 7. The normalized spacial score (nSPS) is 13.0. The van der Waals surface area contributed by atoms with Crippen molar-refractivity contribution in [3.63, 3.8) is 0 Å². The molecule has 0 spiro atoms. The van der Waals surface area contributed by atoms with Gasteiger partial charge in [0.2, 0.25) is 0 Å². The lowest BCUT2D eigenvalue weighted by atomic mass is 9.86. The average Bonchev–Trinajstić information content (AvgIpc) is 3.21. The second kappa shape index (κ2) is 5.42. The highest BCUT2D eigenvalue weighted by Gasteiger charge is 2.23. The maximum Gasteiger partial charge on any atom is -0.000706 e. The molecule has 1 aliphatic carbocycles. The van der Waals surface area contributed by atoms with Gasteiger partial charge >= 0.3 is 0 Å². The van der Waals surface area contributed by atoms with Gasteiger partial charge in [0.1, 0.15) is 0 Å².